The van der Waals surface area contributed by atoms with Crippen molar-refractivity contribution in [2.45, 2.75) is 6.42 Å². The number of urea groups is 1. The van der Waals surface area contributed by atoms with E-state index in [-0.39, 0.29) is 17.6 Å². The molecule has 3 aromatic rings. The fourth-order valence-corrected chi connectivity index (χ4v) is 4.29. The minimum Gasteiger partial charge on any atom is -0.378 e. The molecule has 0 spiro atoms. The van der Waals surface area contributed by atoms with Gasteiger partial charge >= 0.3 is 6.03 Å². The van der Waals surface area contributed by atoms with Crippen LogP contribution in [0.25, 0.3) is 11.1 Å². The maximum atomic E-state index is 13.9. The number of para-hydroxylation sites is 1. The van der Waals surface area contributed by atoms with E-state index in [0.717, 1.165) is 28.8 Å². The molecule has 7 heteroatoms. The number of ether oxygens (including phenoxy) is 1. The number of amides is 3. The Hall–Kier alpha value is -3.71. The molecule has 1 N–H and O–H groups in total. The molecule has 0 saturated carbocycles. The molecule has 1 saturated heterocycles. The van der Waals surface area contributed by atoms with E-state index in [1.54, 1.807) is 23.1 Å². The van der Waals surface area contributed by atoms with Crippen LogP contribution in [0.3, 0.4) is 0 Å². The number of anilines is 2. The summed E-state index contributed by atoms with van der Waals surface area (Å²) in [6.07, 6.45) is 0.724. The second-order valence-corrected chi connectivity index (χ2v) is 8.14. The molecule has 0 bridgehead atoms. The molecule has 0 unspecified atom stereocenters. The molecule has 33 heavy (non-hydrogen) atoms. The monoisotopic (exact) mass is 445 g/mol. The van der Waals surface area contributed by atoms with Gasteiger partial charge in [-0.05, 0) is 59.5 Å². The van der Waals surface area contributed by atoms with Crippen LogP contribution >= 0.6 is 0 Å². The number of fused-ring (bicyclic) bond motifs is 1. The zero-order valence-electron chi connectivity index (χ0n) is 18.1. The molecule has 0 aliphatic carbocycles. The fraction of sp³-hybridized carbons (Fsp3) is 0.231. The van der Waals surface area contributed by atoms with Crippen molar-refractivity contribution in [3.8, 4) is 11.1 Å². The lowest BCUT2D eigenvalue weighted by molar-refractivity contribution is 0.0303. The molecule has 6 nitrogen and oxygen atoms in total. The number of morpholine rings is 1. The molecule has 5 rings (SSSR count). The van der Waals surface area contributed by atoms with Crippen molar-refractivity contribution in [1.82, 2.24) is 4.90 Å². The zero-order chi connectivity index (χ0) is 22.8. The molecule has 2 aliphatic heterocycles. The molecule has 0 atom stereocenters. The summed E-state index contributed by atoms with van der Waals surface area (Å²) in [7, 11) is 0. The Labute approximate surface area is 191 Å². The SMILES string of the molecule is O=C(c1ccc(-c2ccc3c(c2)CCN3C(=O)Nc2ccccc2F)cc1)N1CCOCC1. The van der Waals surface area contributed by atoms with E-state index in [1.807, 2.05) is 41.3 Å². The van der Waals surface area contributed by atoms with Gasteiger partial charge in [0.05, 0.1) is 18.9 Å². The van der Waals surface area contributed by atoms with Gasteiger partial charge in [-0.2, -0.15) is 0 Å². The van der Waals surface area contributed by atoms with E-state index in [9.17, 15) is 14.0 Å². The highest BCUT2D eigenvalue weighted by atomic mass is 19.1. The summed E-state index contributed by atoms with van der Waals surface area (Å²) in [5, 5.41) is 2.65. The average Bonchev–Trinajstić information content (AvgIpc) is 3.29. The van der Waals surface area contributed by atoms with Crippen LogP contribution in [-0.2, 0) is 11.2 Å². The van der Waals surface area contributed by atoms with Crippen LogP contribution in [0.5, 0.6) is 0 Å². The number of benzene rings is 3. The summed E-state index contributed by atoms with van der Waals surface area (Å²) in [5.41, 5.74) is 4.74. The first-order valence-corrected chi connectivity index (χ1v) is 11.0. The lowest BCUT2D eigenvalue weighted by Crippen LogP contribution is -2.40. The van der Waals surface area contributed by atoms with Gasteiger partial charge in [0, 0.05) is 30.9 Å². The first-order chi connectivity index (χ1) is 16.1. The summed E-state index contributed by atoms with van der Waals surface area (Å²) in [6.45, 7) is 2.92. The van der Waals surface area contributed by atoms with Crippen molar-refractivity contribution in [2.75, 3.05) is 43.1 Å². The summed E-state index contributed by atoms with van der Waals surface area (Å²) >= 11 is 0. The number of nitrogens with one attached hydrogen (secondary N) is 1. The molecule has 0 radical (unpaired) electrons. The third-order valence-electron chi connectivity index (χ3n) is 6.10. The van der Waals surface area contributed by atoms with Crippen LogP contribution in [0.4, 0.5) is 20.6 Å². The van der Waals surface area contributed by atoms with Gasteiger partial charge in [-0.15, -0.1) is 0 Å². The van der Waals surface area contributed by atoms with Crippen molar-refractivity contribution >= 4 is 23.3 Å². The van der Waals surface area contributed by atoms with Crippen molar-refractivity contribution in [1.29, 1.82) is 0 Å². The van der Waals surface area contributed by atoms with E-state index in [0.29, 0.717) is 38.4 Å². The van der Waals surface area contributed by atoms with E-state index in [1.165, 1.54) is 6.07 Å². The Bertz CT molecular complexity index is 1190. The molecule has 1 fully saturated rings. The van der Waals surface area contributed by atoms with Crippen LogP contribution in [0, 0.1) is 5.82 Å². The minimum absolute atomic E-state index is 0.0234. The summed E-state index contributed by atoms with van der Waals surface area (Å²) in [4.78, 5) is 28.8. The Morgan fingerprint density at radius 1 is 0.879 bits per heavy atom. The maximum Gasteiger partial charge on any atom is 0.326 e. The molecular weight excluding hydrogens is 421 g/mol. The number of carbonyl (C=O) groups excluding carboxylic acids is 2. The number of halogens is 1. The van der Waals surface area contributed by atoms with Crippen LogP contribution in [0.1, 0.15) is 15.9 Å². The van der Waals surface area contributed by atoms with Gasteiger partial charge in [0.25, 0.3) is 5.91 Å². The van der Waals surface area contributed by atoms with Gasteiger partial charge in [0.15, 0.2) is 0 Å². The minimum atomic E-state index is -0.462. The van der Waals surface area contributed by atoms with Gasteiger partial charge in [-0.1, -0.05) is 30.3 Å². The average molecular weight is 445 g/mol. The van der Waals surface area contributed by atoms with Crippen molar-refractivity contribution in [3.63, 3.8) is 0 Å². The highest BCUT2D eigenvalue weighted by Crippen LogP contribution is 2.33. The smallest absolute Gasteiger partial charge is 0.326 e. The predicted octanol–water partition coefficient (Wildman–Crippen LogP) is 4.56. The summed E-state index contributed by atoms with van der Waals surface area (Å²) < 4.78 is 19.2. The second kappa shape index (κ2) is 9.03. The molecular formula is C26H24FN3O3. The number of hydrogen-bond donors (Lipinski definition) is 1. The standard InChI is InChI=1S/C26H24FN3O3/c27-22-3-1-2-4-23(22)28-26(32)30-12-11-21-17-20(9-10-24(21)30)18-5-7-19(8-6-18)25(31)29-13-15-33-16-14-29/h1-10,17H,11-16H2,(H,28,32). The second-order valence-electron chi connectivity index (χ2n) is 8.14. The molecule has 2 aliphatic rings. The lowest BCUT2D eigenvalue weighted by Gasteiger charge is -2.26. The van der Waals surface area contributed by atoms with Crippen molar-refractivity contribution in [3.05, 3.63) is 83.7 Å². The van der Waals surface area contributed by atoms with E-state index < -0.39 is 5.82 Å². The van der Waals surface area contributed by atoms with Crippen molar-refractivity contribution in [2.24, 2.45) is 0 Å². The van der Waals surface area contributed by atoms with Gasteiger partial charge < -0.3 is 15.0 Å². The third-order valence-corrected chi connectivity index (χ3v) is 6.10. The Kier molecular flexibility index (Phi) is 5.79. The van der Waals surface area contributed by atoms with Gasteiger partial charge in [0.2, 0.25) is 0 Å². The number of hydrogen-bond acceptors (Lipinski definition) is 3. The highest BCUT2D eigenvalue weighted by Gasteiger charge is 2.25. The summed E-state index contributed by atoms with van der Waals surface area (Å²) in [5.74, 6) is -0.438. The van der Waals surface area contributed by atoms with Crippen molar-refractivity contribution < 1.29 is 18.7 Å². The van der Waals surface area contributed by atoms with Crippen LogP contribution < -0.4 is 10.2 Å². The normalized spacial score (nSPS) is 15.3. The molecule has 3 aromatic carbocycles. The fourth-order valence-electron chi connectivity index (χ4n) is 4.29. The predicted molar refractivity (Wildman–Crippen MR) is 125 cm³/mol. The third kappa shape index (κ3) is 4.32. The maximum absolute atomic E-state index is 13.9. The van der Waals surface area contributed by atoms with Crippen LogP contribution in [0.15, 0.2) is 66.7 Å². The van der Waals surface area contributed by atoms with Crippen LogP contribution in [-0.4, -0.2) is 49.7 Å². The molecule has 168 valence electrons. The quantitative estimate of drug-likeness (QED) is 0.643. The lowest BCUT2D eigenvalue weighted by atomic mass is 10.0. The number of nitrogens with zero attached hydrogens (tertiary/aromatic N) is 2. The van der Waals surface area contributed by atoms with Gasteiger partial charge in [-0.3, -0.25) is 9.69 Å². The number of carbonyl (C=O) groups is 2. The topological polar surface area (TPSA) is 61.9 Å². The largest absolute Gasteiger partial charge is 0.378 e. The first-order valence-electron chi connectivity index (χ1n) is 11.0. The van der Waals surface area contributed by atoms with Gasteiger partial charge in [0.1, 0.15) is 5.82 Å². The number of rotatable bonds is 3. The summed E-state index contributed by atoms with van der Waals surface area (Å²) in [6, 6.07) is 19.4. The molecule has 2 heterocycles. The zero-order valence-corrected chi connectivity index (χ0v) is 18.1. The molecule has 0 aromatic heterocycles. The first kappa shape index (κ1) is 21.2. The van der Waals surface area contributed by atoms with Crippen LogP contribution in [0.2, 0.25) is 0 Å². The Balaban J connectivity index is 1.30. The van der Waals surface area contributed by atoms with E-state index >= 15 is 0 Å². The molecule has 3 amide bonds. The highest BCUT2D eigenvalue weighted by molar-refractivity contribution is 6.03. The van der Waals surface area contributed by atoms with Gasteiger partial charge in [-0.25, -0.2) is 9.18 Å². The van der Waals surface area contributed by atoms with E-state index in [2.05, 4.69) is 11.4 Å². The van der Waals surface area contributed by atoms with E-state index in [4.69, 9.17) is 4.74 Å². The Morgan fingerprint density at radius 2 is 1.61 bits per heavy atom. The Morgan fingerprint density at radius 3 is 2.36 bits per heavy atom.